The molecule has 0 bridgehead atoms. The Kier molecular flexibility index (Phi) is 1.90. The number of aryl methyl sites for hydroxylation is 1. The van der Waals surface area contributed by atoms with E-state index < -0.39 is 0 Å². The maximum atomic E-state index is 5.61. The smallest absolute Gasteiger partial charge is 0.180 e. The fraction of sp³-hybridized carbons (Fsp3) is 0.100. The number of aromatic nitrogens is 4. The van der Waals surface area contributed by atoms with Gasteiger partial charge in [0.25, 0.3) is 0 Å². The number of anilines is 1. The minimum Gasteiger partial charge on any atom is -0.384 e. The van der Waals surface area contributed by atoms with Gasteiger partial charge in [-0.3, -0.25) is 0 Å². The van der Waals surface area contributed by atoms with Gasteiger partial charge in [0.1, 0.15) is 5.82 Å². The summed E-state index contributed by atoms with van der Waals surface area (Å²) in [4.78, 5) is 17.0. The van der Waals surface area contributed by atoms with Crippen LogP contribution in [0.1, 0.15) is 5.69 Å². The Bertz CT molecular complexity index is 654. The Labute approximate surface area is 95.4 Å². The van der Waals surface area contributed by atoms with E-state index in [1.165, 1.54) is 0 Å². The van der Waals surface area contributed by atoms with Crippen LogP contribution in [0.4, 0.5) is 5.82 Å². The molecule has 3 aromatic heterocycles. The predicted octanol–water partition coefficient (Wildman–Crippen LogP) is 1.97. The highest BCUT2D eigenvalue weighted by Gasteiger charge is 2.10. The number of hydrogen-bond acceptors (Lipinski definition) is 5. The van der Waals surface area contributed by atoms with Crippen LogP contribution >= 0.6 is 11.3 Å². The molecule has 0 aliphatic heterocycles. The van der Waals surface area contributed by atoms with E-state index >= 15 is 0 Å². The second kappa shape index (κ2) is 3.28. The van der Waals surface area contributed by atoms with Crippen molar-refractivity contribution >= 4 is 28.3 Å². The minimum absolute atomic E-state index is 0.478. The van der Waals surface area contributed by atoms with Crippen molar-refractivity contribution in [3.63, 3.8) is 0 Å². The molecule has 6 heteroatoms. The summed E-state index contributed by atoms with van der Waals surface area (Å²) < 4.78 is 0. The van der Waals surface area contributed by atoms with Gasteiger partial charge in [-0.2, -0.15) is 0 Å². The molecule has 16 heavy (non-hydrogen) atoms. The van der Waals surface area contributed by atoms with Gasteiger partial charge in [0, 0.05) is 0 Å². The molecule has 0 saturated heterocycles. The number of rotatable bonds is 1. The summed E-state index contributed by atoms with van der Waals surface area (Å²) in [6.45, 7) is 1.96. The third-order valence-corrected chi connectivity index (χ3v) is 3.26. The lowest BCUT2D eigenvalue weighted by molar-refractivity contribution is 1.24. The van der Waals surface area contributed by atoms with Gasteiger partial charge in [-0.25, -0.2) is 15.0 Å². The van der Waals surface area contributed by atoms with Crippen molar-refractivity contribution in [3.8, 4) is 10.7 Å². The van der Waals surface area contributed by atoms with Gasteiger partial charge >= 0.3 is 0 Å². The third-order valence-electron chi connectivity index (χ3n) is 2.33. The van der Waals surface area contributed by atoms with Gasteiger partial charge in [-0.1, -0.05) is 0 Å². The molecule has 0 amide bonds. The molecule has 0 saturated carbocycles. The fourth-order valence-electron chi connectivity index (χ4n) is 1.54. The van der Waals surface area contributed by atoms with Crippen LogP contribution in [-0.2, 0) is 0 Å². The maximum Gasteiger partial charge on any atom is 0.180 e. The molecular formula is C10H9N5S. The molecule has 0 aliphatic rings. The van der Waals surface area contributed by atoms with Crippen molar-refractivity contribution in [3.05, 3.63) is 23.3 Å². The lowest BCUT2D eigenvalue weighted by atomic mass is 10.4. The zero-order valence-corrected chi connectivity index (χ0v) is 9.38. The molecule has 0 aromatic carbocycles. The summed E-state index contributed by atoms with van der Waals surface area (Å²) in [6.07, 6.45) is 0. The highest BCUT2D eigenvalue weighted by molar-refractivity contribution is 7.13. The van der Waals surface area contributed by atoms with Crippen LogP contribution in [0.3, 0.4) is 0 Å². The van der Waals surface area contributed by atoms with Crippen LogP contribution in [0.15, 0.2) is 17.6 Å². The number of nitrogens with zero attached hydrogens (tertiary/aromatic N) is 3. The number of H-pyrrole nitrogens is 1. The average molecular weight is 231 g/mol. The third kappa shape index (κ3) is 1.35. The molecule has 3 heterocycles. The van der Waals surface area contributed by atoms with E-state index in [0.717, 1.165) is 21.9 Å². The Hall–Kier alpha value is -1.95. The summed E-state index contributed by atoms with van der Waals surface area (Å²) >= 11 is 1.56. The Morgan fingerprint density at radius 1 is 1.31 bits per heavy atom. The molecule has 3 rings (SSSR count). The second-order valence-corrected chi connectivity index (χ2v) is 4.31. The highest BCUT2D eigenvalue weighted by atomic mass is 32.1. The summed E-state index contributed by atoms with van der Waals surface area (Å²) in [5.74, 6) is 1.28. The minimum atomic E-state index is 0.478. The van der Waals surface area contributed by atoms with Crippen LogP contribution in [0, 0.1) is 6.92 Å². The van der Waals surface area contributed by atoms with Crippen LogP contribution in [0.2, 0.25) is 0 Å². The van der Waals surface area contributed by atoms with E-state index in [0.29, 0.717) is 11.5 Å². The van der Waals surface area contributed by atoms with E-state index in [1.54, 1.807) is 22.9 Å². The zero-order valence-electron chi connectivity index (χ0n) is 8.56. The number of nitrogen functional groups attached to an aromatic ring is 1. The highest BCUT2D eigenvalue weighted by Crippen LogP contribution is 2.26. The average Bonchev–Trinajstić information content (AvgIpc) is 2.82. The van der Waals surface area contributed by atoms with Gasteiger partial charge < -0.3 is 10.7 Å². The van der Waals surface area contributed by atoms with Crippen molar-refractivity contribution in [2.75, 3.05) is 5.73 Å². The van der Waals surface area contributed by atoms with E-state index in [-0.39, 0.29) is 0 Å². The monoisotopic (exact) mass is 231 g/mol. The summed E-state index contributed by atoms with van der Waals surface area (Å²) in [5, 5.41) is 0. The predicted molar refractivity (Wildman–Crippen MR) is 64.1 cm³/mol. The van der Waals surface area contributed by atoms with E-state index in [4.69, 9.17) is 5.73 Å². The molecule has 3 aromatic rings. The van der Waals surface area contributed by atoms with Gasteiger partial charge in [0.05, 0.1) is 21.6 Å². The Morgan fingerprint density at radius 2 is 2.19 bits per heavy atom. The van der Waals surface area contributed by atoms with Crippen LogP contribution in [0.5, 0.6) is 0 Å². The Balaban J connectivity index is 2.23. The molecule has 0 fully saturated rings. The molecule has 0 unspecified atom stereocenters. The first-order valence-electron chi connectivity index (χ1n) is 4.77. The first kappa shape index (κ1) is 9.29. The number of aromatic amines is 1. The van der Waals surface area contributed by atoms with Crippen molar-refractivity contribution in [1.82, 2.24) is 19.9 Å². The molecule has 0 spiro atoms. The summed E-state index contributed by atoms with van der Waals surface area (Å²) in [7, 11) is 0. The number of nitrogens with two attached hydrogens (primary N) is 1. The number of hydrogen-bond donors (Lipinski definition) is 2. The summed E-state index contributed by atoms with van der Waals surface area (Å²) in [6, 6.07) is 3.63. The lowest BCUT2D eigenvalue weighted by Gasteiger charge is -1.89. The quantitative estimate of drug-likeness (QED) is 0.671. The van der Waals surface area contributed by atoms with Crippen molar-refractivity contribution in [1.29, 1.82) is 0 Å². The fourth-order valence-corrected chi connectivity index (χ4v) is 2.29. The number of fused-ring (bicyclic) bond motifs is 1. The number of thiazole rings is 1. The number of pyridine rings is 1. The second-order valence-electron chi connectivity index (χ2n) is 3.46. The molecule has 5 nitrogen and oxygen atoms in total. The first-order chi connectivity index (χ1) is 7.74. The molecule has 0 radical (unpaired) electrons. The lowest BCUT2D eigenvalue weighted by Crippen LogP contribution is -1.88. The van der Waals surface area contributed by atoms with Gasteiger partial charge in [0.15, 0.2) is 11.5 Å². The SMILES string of the molecule is Cc1ncsc1-c1nc2nc(N)ccc2[nH]1. The molecule has 0 atom stereocenters. The largest absolute Gasteiger partial charge is 0.384 e. The number of nitrogens with one attached hydrogen (secondary N) is 1. The van der Waals surface area contributed by atoms with E-state index in [2.05, 4.69) is 19.9 Å². The topological polar surface area (TPSA) is 80.5 Å². The maximum absolute atomic E-state index is 5.61. The van der Waals surface area contributed by atoms with Crippen LogP contribution in [0.25, 0.3) is 21.9 Å². The molecular weight excluding hydrogens is 222 g/mol. The van der Waals surface area contributed by atoms with Crippen LogP contribution < -0.4 is 5.73 Å². The van der Waals surface area contributed by atoms with Gasteiger partial charge in [-0.05, 0) is 19.1 Å². The molecule has 0 aliphatic carbocycles. The van der Waals surface area contributed by atoms with Gasteiger partial charge in [-0.15, -0.1) is 11.3 Å². The molecule has 80 valence electrons. The van der Waals surface area contributed by atoms with Crippen LogP contribution in [-0.4, -0.2) is 19.9 Å². The van der Waals surface area contributed by atoms with E-state index in [9.17, 15) is 0 Å². The van der Waals surface area contributed by atoms with E-state index in [1.807, 2.05) is 13.0 Å². The Morgan fingerprint density at radius 3 is 2.94 bits per heavy atom. The standard InChI is InChI=1S/C10H9N5S/c1-5-8(16-4-12-5)10-13-6-2-3-7(11)14-9(6)15-10/h2-4H,1H3,(H3,11,13,14,15). The van der Waals surface area contributed by atoms with Crippen molar-refractivity contribution in [2.24, 2.45) is 0 Å². The van der Waals surface area contributed by atoms with Gasteiger partial charge in [0.2, 0.25) is 0 Å². The normalized spacial score (nSPS) is 11.1. The van der Waals surface area contributed by atoms with Crippen molar-refractivity contribution in [2.45, 2.75) is 6.92 Å². The molecule has 3 N–H and O–H groups in total. The first-order valence-corrected chi connectivity index (χ1v) is 5.65. The summed E-state index contributed by atoms with van der Waals surface area (Å²) in [5.41, 5.74) is 9.91. The number of imidazole rings is 1. The zero-order chi connectivity index (χ0) is 11.1. The van der Waals surface area contributed by atoms with Crippen molar-refractivity contribution < 1.29 is 0 Å².